The lowest BCUT2D eigenvalue weighted by atomic mass is 10.1. The Labute approximate surface area is 106 Å². The van der Waals surface area contributed by atoms with Crippen LogP contribution >= 0.6 is 27.5 Å². The summed E-state index contributed by atoms with van der Waals surface area (Å²) in [5.74, 6) is 0. The molecule has 1 atom stereocenters. The Morgan fingerprint density at radius 2 is 2.25 bits per heavy atom. The second-order valence-corrected chi connectivity index (χ2v) is 4.60. The number of furan rings is 1. The number of aromatic nitrogens is 1. The van der Waals surface area contributed by atoms with Crippen molar-refractivity contribution in [1.29, 1.82) is 0 Å². The number of rotatable bonds is 3. The van der Waals surface area contributed by atoms with Crippen LogP contribution < -0.4 is 0 Å². The van der Waals surface area contributed by atoms with Gasteiger partial charge in [0.15, 0.2) is 5.22 Å². The van der Waals surface area contributed by atoms with E-state index in [0.717, 1.165) is 10.2 Å². The first-order chi connectivity index (χ1) is 7.66. The van der Waals surface area contributed by atoms with Crippen LogP contribution in [0.25, 0.3) is 0 Å². The molecule has 2 aromatic heterocycles. The summed E-state index contributed by atoms with van der Waals surface area (Å²) in [6, 6.07) is 5.39. The van der Waals surface area contributed by atoms with E-state index in [9.17, 15) is 5.11 Å². The number of pyridine rings is 1. The van der Waals surface area contributed by atoms with Crippen LogP contribution in [0.2, 0.25) is 5.22 Å². The molecule has 84 valence electrons. The number of halogens is 2. The topological polar surface area (TPSA) is 46.3 Å². The average Bonchev–Trinajstić information content (AvgIpc) is 2.68. The Morgan fingerprint density at radius 1 is 1.44 bits per heavy atom. The lowest BCUT2D eigenvalue weighted by molar-refractivity contribution is 0.176. The Morgan fingerprint density at radius 3 is 2.81 bits per heavy atom. The predicted octanol–water partition coefficient (Wildman–Crippen LogP) is 3.37. The van der Waals surface area contributed by atoms with Crippen LogP contribution in [0.4, 0.5) is 0 Å². The summed E-state index contributed by atoms with van der Waals surface area (Å²) in [5, 5.41) is 10.1. The van der Waals surface area contributed by atoms with Crippen LogP contribution in [0, 0.1) is 0 Å². The molecule has 3 nitrogen and oxygen atoms in total. The molecule has 0 saturated carbocycles. The molecule has 0 aliphatic carbocycles. The molecular formula is C11H9BrClNO2. The predicted molar refractivity (Wildman–Crippen MR) is 64.3 cm³/mol. The zero-order valence-corrected chi connectivity index (χ0v) is 10.6. The maximum Gasteiger partial charge on any atom is 0.198 e. The van der Waals surface area contributed by atoms with Crippen molar-refractivity contribution in [2.24, 2.45) is 0 Å². The minimum Gasteiger partial charge on any atom is -0.453 e. The SMILES string of the molecule is OC(Cc1ccc(Br)cn1)c1ccoc1Cl. The van der Waals surface area contributed by atoms with Crippen LogP contribution in [0.1, 0.15) is 17.4 Å². The smallest absolute Gasteiger partial charge is 0.198 e. The van der Waals surface area contributed by atoms with E-state index < -0.39 is 6.10 Å². The van der Waals surface area contributed by atoms with Gasteiger partial charge in [-0.2, -0.15) is 0 Å². The van der Waals surface area contributed by atoms with E-state index in [4.69, 9.17) is 16.0 Å². The van der Waals surface area contributed by atoms with E-state index in [2.05, 4.69) is 20.9 Å². The normalized spacial score (nSPS) is 12.7. The molecule has 0 spiro atoms. The minimum atomic E-state index is -0.695. The standard InChI is InChI=1S/C11H9BrClNO2/c12-7-1-2-8(14-6-7)5-10(15)9-3-4-16-11(9)13/h1-4,6,10,15H,5H2. The highest BCUT2D eigenvalue weighted by molar-refractivity contribution is 9.10. The molecule has 0 aliphatic rings. The second kappa shape index (κ2) is 4.99. The molecule has 0 bridgehead atoms. The van der Waals surface area contributed by atoms with Gasteiger partial charge in [-0.25, -0.2) is 0 Å². The highest BCUT2D eigenvalue weighted by atomic mass is 79.9. The quantitative estimate of drug-likeness (QED) is 0.945. The fourth-order valence-electron chi connectivity index (χ4n) is 1.38. The third-order valence-corrected chi connectivity index (χ3v) is 2.97. The van der Waals surface area contributed by atoms with E-state index in [1.54, 1.807) is 12.3 Å². The highest BCUT2D eigenvalue weighted by Gasteiger charge is 2.15. The van der Waals surface area contributed by atoms with E-state index in [0.29, 0.717) is 12.0 Å². The monoisotopic (exact) mass is 301 g/mol. The zero-order chi connectivity index (χ0) is 11.5. The van der Waals surface area contributed by atoms with Crippen molar-refractivity contribution in [2.75, 3.05) is 0 Å². The number of hydrogen-bond acceptors (Lipinski definition) is 3. The molecule has 0 fully saturated rings. The molecular weight excluding hydrogens is 293 g/mol. The van der Waals surface area contributed by atoms with Crippen LogP contribution in [-0.4, -0.2) is 10.1 Å². The van der Waals surface area contributed by atoms with Gasteiger partial charge in [-0.05, 0) is 45.7 Å². The Kier molecular flexibility index (Phi) is 3.63. The fraction of sp³-hybridized carbons (Fsp3) is 0.182. The summed E-state index contributed by atoms with van der Waals surface area (Å²) in [7, 11) is 0. The number of nitrogens with zero attached hydrogens (tertiary/aromatic N) is 1. The van der Waals surface area contributed by atoms with Gasteiger partial charge in [0.2, 0.25) is 0 Å². The van der Waals surface area contributed by atoms with Gasteiger partial charge in [-0.15, -0.1) is 0 Å². The Bertz CT molecular complexity index is 469. The minimum absolute atomic E-state index is 0.226. The third kappa shape index (κ3) is 2.64. The van der Waals surface area contributed by atoms with Crippen molar-refractivity contribution in [2.45, 2.75) is 12.5 Å². The molecule has 2 heterocycles. The largest absolute Gasteiger partial charge is 0.453 e. The van der Waals surface area contributed by atoms with Crippen LogP contribution in [0.5, 0.6) is 0 Å². The lowest BCUT2D eigenvalue weighted by Crippen LogP contribution is -2.02. The number of hydrogen-bond donors (Lipinski definition) is 1. The van der Waals surface area contributed by atoms with Crippen LogP contribution in [-0.2, 0) is 6.42 Å². The lowest BCUT2D eigenvalue weighted by Gasteiger charge is -2.08. The maximum atomic E-state index is 9.92. The number of aliphatic hydroxyl groups is 1. The van der Waals surface area contributed by atoms with E-state index in [1.807, 2.05) is 12.1 Å². The Hall–Kier alpha value is -0.840. The van der Waals surface area contributed by atoms with E-state index in [-0.39, 0.29) is 5.22 Å². The van der Waals surface area contributed by atoms with Crippen molar-refractivity contribution in [3.63, 3.8) is 0 Å². The summed E-state index contributed by atoms with van der Waals surface area (Å²) >= 11 is 9.07. The third-order valence-electron chi connectivity index (χ3n) is 2.20. The van der Waals surface area contributed by atoms with Gasteiger partial charge in [0.05, 0.1) is 12.4 Å². The molecule has 0 aliphatic heterocycles. The molecule has 0 radical (unpaired) electrons. The maximum absolute atomic E-state index is 9.92. The van der Waals surface area contributed by atoms with Crippen molar-refractivity contribution >= 4 is 27.5 Å². The first-order valence-electron chi connectivity index (χ1n) is 4.68. The summed E-state index contributed by atoms with van der Waals surface area (Å²) in [6.07, 6.45) is 2.86. The molecule has 2 aromatic rings. The van der Waals surface area contributed by atoms with Crippen LogP contribution in [0.15, 0.2) is 39.5 Å². The van der Waals surface area contributed by atoms with Crippen molar-refractivity contribution in [3.05, 3.63) is 51.6 Å². The summed E-state index contributed by atoms with van der Waals surface area (Å²) < 4.78 is 5.83. The van der Waals surface area contributed by atoms with Gasteiger partial charge < -0.3 is 9.52 Å². The van der Waals surface area contributed by atoms with Crippen molar-refractivity contribution in [1.82, 2.24) is 4.98 Å². The number of aliphatic hydroxyl groups excluding tert-OH is 1. The van der Waals surface area contributed by atoms with E-state index >= 15 is 0 Å². The van der Waals surface area contributed by atoms with Gasteiger partial charge in [0, 0.05) is 28.3 Å². The zero-order valence-electron chi connectivity index (χ0n) is 8.23. The van der Waals surface area contributed by atoms with Crippen molar-refractivity contribution in [3.8, 4) is 0 Å². The second-order valence-electron chi connectivity index (χ2n) is 3.34. The average molecular weight is 303 g/mol. The van der Waals surface area contributed by atoms with Gasteiger partial charge >= 0.3 is 0 Å². The van der Waals surface area contributed by atoms with Gasteiger partial charge in [-0.3, -0.25) is 4.98 Å². The highest BCUT2D eigenvalue weighted by Crippen LogP contribution is 2.26. The van der Waals surface area contributed by atoms with Gasteiger partial charge in [0.1, 0.15) is 0 Å². The summed E-state index contributed by atoms with van der Waals surface area (Å²) in [4.78, 5) is 4.18. The summed E-state index contributed by atoms with van der Waals surface area (Å²) in [5.41, 5.74) is 1.39. The fourth-order valence-corrected chi connectivity index (χ4v) is 1.85. The Balaban J connectivity index is 2.10. The molecule has 0 aromatic carbocycles. The summed E-state index contributed by atoms with van der Waals surface area (Å²) in [6.45, 7) is 0. The van der Waals surface area contributed by atoms with E-state index in [1.165, 1.54) is 6.26 Å². The van der Waals surface area contributed by atoms with Gasteiger partial charge in [-0.1, -0.05) is 0 Å². The molecule has 0 amide bonds. The molecule has 1 unspecified atom stereocenters. The van der Waals surface area contributed by atoms with Gasteiger partial charge in [0.25, 0.3) is 0 Å². The molecule has 5 heteroatoms. The molecule has 16 heavy (non-hydrogen) atoms. The molecule has 1 N–H and O–H groups in total. The first-order valence-corrected chi connectivity index (χ1v) is 5.85. The van der Waals surface area contributed by atoms with Crippen molar-refractivity contribution < 1.29 is 9.52 Å². The first kappa shape index (κ1) is 11.6. The molecule has 0 saturated heterocycles. The molecule has 2 rings (SSSR count). The van der Waals surface area contributed by atoms with Crippen LogP contribution in [0.3, 0.4) is 0 Å².